The van der Waals surface area contributed by atoms with E-state index in [0.29, 0.717) is 10.0 Å². The highest BCUT2D eigenvalue weighted by Gasteiger charge is 2.19. The molecule has 0 saturated heterocycles. The number of benzene rings is 1. The van der Waals surface area contributed by atoms with Crippen LogP contribution in [0.3, 0.4) is 0 Å². The molecule has 1 aromatic carbocycles. The Labute approximate surface area is 84.5 Å². The van der Waals surface area contributed by atoms with E-state index in [1.54, 1.807) is 24.3 Å². The minimum Gasteiger partial charge on any atom is -0.467 e. The van der Waals surface area contributed by atoms with Crippen molar-refractivity contribution in [2.45, 2.75) is 6.10 Å². The number of esters is 1. The normalized spacial score (nSPS) is 12.2. The molecule has 13 heavy (non-hydrogen) atoms. The Balaban J connectivity index is 2.95. The summed E-state index contributed by atoms with van der Waals surface area (Å²) in [5.74, 6) is -0.660. The number of carbonyl (C=O) groups excluding carboxylic acids is 1. The van der Waals surface area contributed by atoms with Gasteiger partial charge in [0.1, 0.15) is 0 Å². The first-order valence-corrected chi connectivity index (χ1v) is 4.46. The van der Waals surface area contributed by atoms with Crippen LogP contribution in [-0.4, -0.2) is 18.2 Å². The molecule has 0 heterocycles. The Kier molecular flexibility index (Phi) is 3.45. The Morgan fingerprint density at radius 3 is 2.69 bits per heavy atom. The maximum Gasteiger partial charge on any atom is 0.339 e. The third-order valence-electron chi connectivity index (χ3n) is 1.62. The summed E-state index contributed by atoms with van der Waals surface area (Å²) in [4.78, 5) is 11.0. The molecule has 1 unspecified atom stereocenters. The SMILES string of the molecule is COC(=O)C(O)c1ccccc1Br. The Morgan fingerprint density at radius 2 is 2.15 bits per heavy atom. The van der Waals surface area contributed by atoms with Crippen LogP contribution >= 0.6 is 15.9 Å². The number of hydrogen-bond acceptors (Lipinski definition) is 3. The minimum atomic E-state index is -1.22. The fourth-order valence-electron chi connectivity index (χ4n) is 0.935. The number of aliphatic hydroxyl groups excluding tert-OH is 1. The van der Waals surface area contributed by atoms with Crippen LogP contribution in [0.2, 0.25) is 0 Å². The van der Waals surface area contributed by atoms with Gasteiger partial charge in [0.25, 0.3) is 0 Å². The van der Waals surface area contributed by atoms with Gasteiger partial charge in [-0.3, -0.25) is 0 Å². The highest BCUT2D eigenvalue weighted by Crippen LogP contribution is 2.23. The van der Waals surface area contributed by atoms with Crippen LogP contribution < -0.4 is 0 Å². The van der Waals surface area contributed by atoms with Crippen molar-refractivity contribution in [3.63, 3.8) is 0 Å². The van der Waals surface area contributed by atoms with Crippen LogP contribution in [-0.2, 0) is 9.53 Å². The Bertz CT molecular complexity index is 311. The standard InChI is InChI=1S/C9H9BrO3/c1-13-9(12)8(11)6-4-2-3-5-7(6)10/h2-5,8,11H,1H3. The third-order valence-corrected chi connectivity index (χ3v) is 2.35. The predicted molar refractivity (Wildman–Crippen MR) is 51.1 cm³/mol. The van der Waals surface area contributed by atoms with Gasteiger partial charge >= 0.3 is 5.97 Å². The second-order valence-corrected chi connectivity index (χ2v) is 3.30. The minimum absolute atomic E-state index is 0.509. The first kappa shape index (κ1) is 10.2. The van der Waals surface area contributed by atoms with Gasteiger partial charge in [0, 0.05) is 10.0 Å². The molecule has 1 rings (SSSR count). The van der Waals surface area contributed by atoms with Gasteiger partial charge in [-0.05, 0) is 6.07 Å². The van der Waals surface area contributed by atoms with E-state index in [1.165, 1.54) is 7.11 Å². The average Bonchev–Trinajstić information content (AvgIpc) is 2.16. The number of ether oxygens (including phenoxy) is 1. The van der Waals surface area contributed by atoms with Gasteiger partial charge in [-0.1, -0.05) is 34.1 Å². The monoisotopic (exact) mass is 244 g/mol. The molecule has 3 nitrogen and oxygen atoms in total. The van der Waals surface area contributed by atoms with Crippen molar-refractivity contribution in [1.82, 2.24) is 0 Å². The smallest absolute Gasteiger partial charge is 0.339 e. The topological polar surface area (TPSA) is 46.5 Å². The lowest BCUT2D eigenvalue weighted by Crippen LogP contribution is -2.13. The van der Waals surface area contributed by atoms with Crippen molar-refractivity contribution in [1.29, 1.82) is 0 Å². The number of aliphatic hydroxyl groups is 1. The Morgan fingerprint density at radius 1 is 1.54 bits per heavy atom. The predicted octanol–water partition coefficient (Wildman–Crippen LogP) is 1.66. The summed E-state index contributed by atoms with van der Waals surface area (Å²) in [7, 11) is 1.24. The quantitative estimate of drug-likeness (QED) is 0.806. The van der Waals surface area contributed by atoms with E-state index in [9.17, 15) is 9.90 Å². The average molecular weight is 245 g/mol. The number of carbonyl (C=O) groups is 1. The highest BCUT2D eigenvalue weighted by atomic mass is 79.9. The molecule has 0 saturated carbocycles. The lowest BCUT2D eigenvalue weighted by molar-refractivity contribution is -0.150. The van der Waals surface area contributed by atoms with Crippen LogP contribution in [0.25, 0.3) is 0 Å². The molecule has 0 fully saturated rings. The zero-order valence-electron chi connectivity index (χ0n) is 7.03. The molecule has 0 amide bonds. The van der Waals surface area contributed by atoms with Crippen molar-refractivity contribution in [3.05, 3.63) is 34.3 Å². The molecule has 0 radical (unpaired) electrons. The van der Waals surface area contributed by atoms with Gasteiger partial charge in [0.05, 0.1) is 7.11 Å². The van der Waals surface area contributed by atoms with Gasteiger partial charge in [-0.25, -0.2) is 4.79 Å². The third kappa shape index (κ3) is 2.29. The van der Waals surface area contributed by atoms with Crippen LogP contribution in [0, 0.1) is 0 Å². The fourth-order valence-corrected chi connectivity index (χ4v) is 1.44. The zero-order valence-corrected chi connectivity index (χ0v) is 8.61. The lowest BCUT2D eigenvalue weighted by Gasteiger charge is -2.09. The molecule has 4 heteroatoms. The van der Waals surface area contributed by atoms with Crippen molar-refractivity contribution in [2.24, 2.45) is 0 Å². The lowest BCUT2D eigenvalue weighted by atomic mass is 10.1. The van der Waals surface area contributed by atoms with E-state index in [1.807, 2.05) is 0 Å². The van der Waals surface area contributed by atoms with E-state index in [-0.39, 0.29) is 0 Å². The van der Waals surface area contributed by atoms with E-state index < -0.39 is 12.1 Å². The second-order valence-electron chi connectivity index (χ2n) is 2.45. The van der Waals surface area contributed by atoms with Crippen LogP contribution in [0.15, 0.2) is 28.7 Å². The molecule has 1 atom stereocenters. The molecule has 0 bridgehead atoms. The first-order chi connectivity index (χ1) is 6.16. The number of methoxy groups -OCH3 is 1. The zero-order chi connectivity index (χ0) is 9.84. The molecule has 0 aliphatic carbocycles. The van der Waals surface area contributed by atoms with Crippen molar-refractivity contribution in [2.75, 3.05) is 7.11 Å². The van der Waals surface area contributed by atoms with Crippen molar-refractivity contribution in [3.8, 4) is 0 Å². The number of hydrogen-bond donors (Lipinski definition) is 1. The molecular weight excluding hydrogens is 236 g/mol. The second kappa shape index (κ2) is 4.39. The molecule has 0 aromatic heterocycles. The summed E-state index contributed by atoms with van der Waals surface area (Å²) >= 11 is 3.23. The molecule has 1 aromatic rings. The fraction of sp³-hybridized carbons (Fsp3) is 0.222. The van der Waals surface area contributed by atoms with E-state index in [4.69, 9.17) is 0 Å². The van der Waals surface area contributed by atoms with Gasteiger partial charge in [0.2, 0.25) is 0 Å². The van der Waals surface area contributed by atoms with Crippen LogP contribution in [0.1, 0.15) is 11.7 Å². The Hall–Kier alpha value is -0.870. The molecule has 1 N–H and O–H groups in total. The maximum atomic E-state index is 11.0. The highest BCUT2D eigenvalue weighted by molar-refractivity contribution is 9.10. The van der Waals surface area contributed by atoms with Gasteiger partial charge in [-0.2, -0.15) is 0 Å². The molecule has 70 valence electrons. The first-order valence-electron chi connectivity index (χ1n) is 3.67. The largest absolute Gasteiger partial charge is 0.467 e. The summed E-state index contributed by atoms with van der Waals surface area (Å²) in [6, 6.07) is 6.96. The maximum absolute atomic E-state index is 11.0. The summed E-state index contributed by atoms with van der Waals surface area (Å²) in [6.45, 7) is 0. The molecule has 0 aliphatic rings. The van der Waals surface area contributed by atoms with Gasteiger partial charge < -0.3 is 9.84 Å². The summed E-state index contributed by atoms with van der Waals surface area (Å²) < 4.78 is 5.10. The summed E-state index contributed by atoms with van der Waals surface area (Å²) in [5, 5.41) is 9.47. The number of halogens is 1. The van der Waals surface area contributed by atoms with Crippen molar-refractivity contribution < 1.29 is 14.6 Å². The van der Waals surface area contributed by atoms with Gasteiger partial charge in [0.15, 0.2) is 6.10 Å². The van der Waals surface area contributed by atoms with E-state index in [0.717, 1.165) is 0 Å². The van der Waals surface area contributed by atoms with Crippen LogP contribution in [0.5, 0.6) is 0 Å². The van der Waals surface area contributed by atoms with Crippen molar-refractivity contribution >= 4 is 21.9 Å². The van der Waals surface area contributed by atoms with Gasteiger partial charge in [-0.15, -0.1) is 0 Å². The molecule has 0 spiro atoms. The summed E-state index contributed by atoms with van der Waals surface area (Å²) in [6.07, 6.45) is -1.22. The molecular formula is C9H9BrO3. The molecule has 0 aliphatic heterocycles. The number of rotatable bonds is 2. The summed E-state index contributed by atoms with van der Waals surface area (Å²) in [5.41, 5.74) is 0.509. The van der Waals surface area contributed by atoms with Crippen LogP contribution in [0.4, 0.5) is 0 Å². The van der Waals surface area contributed by atoms with E-state index in [2.05, 4.69) is 20.7 Å². The van der Waals surface area contributed by atoms with E-state index >= 15 is 0 Å².